The van der Waals surface area contributed by atoms with E-state index in [1.807, 2.05) is 32.9 Å². The molecule has 1 heterocycles. The van der Waals surface area contributed by atoms with E-state index < -0.39 is 48.0 Å². The van der Waals surface area contributed by atoms with Crippen molar-refractivity contribution in [3.63, 3.8) is 0 Å². The summed E-state index contributed by atoms with van der Waals surface area (Å²) in [6.45, 7) is 5.92. The van der Waals surface area contributed by atoms with Crippen LogP contribution in [0.3, 0.4) is 0 Å². The van der Waals surface area contributed by atoms with Crippen LogP contribution in [-0.2, 0) is 25.1 Å². The number of rotatable bonds is 4. The Bertz CT molecular complexity index is 1200. The molecule has 1 atom stereocenters. The molecule has 162 valence electrons. The van der Waals surface area contributed by atoms with E-state index in [-0.39, 0.29) is 22.5 Å². The van der Waals surface area contributed by atoms with Crippen molar-refractivity contribution in [1.82, 2.24) is 0 Å². The molecule has 1 aliphatic rings. The molecule has 0 radical (unpaired) electrons. The van der Waals surface area contributed by atoms with Gasteiger partial charge >= 0.3 is 0 Å². The topological polar surface area (TPSA) is 97.4 Å². The van der Waals surface area contributed by atoms with Crippen molar-refractivity contribution in [3.05, 3.63) is 59.4 Å². The highest BCUT2D eigenvalue weighted by molar-refractivity contribution is 7.96. The number of anilines is 1. The second kappa shape index (κ2) is 7.77. The van der Waals surface area contributed by atoms with Crippen LogP contribution in [0, 0.1) is 5.82 Å². The van der Waals surface area contributed by atoms with Crippen molar-refractivity contribution in [1.29, 1.82) is 0 Å². The third-order valence-corrected chi connectivity index (χ3v) is 9.29. The van der Waals surface area contributed by atoms with Crippen LogP contribution >= 0.6 is 0 Å². The van der Waals surface area contributed by atoms with E-state index in [4.69, 9.17) is 0 Å². The summed E-state index contributed by atoms with van der Waals surface area (Å²) in [5, 5.41) is 1.57. The van der Waals surface area contributed by atoms with Gasteiger partial charge in [0.1, 0.15) is 5.82 Å². The molecular weight excluding hydrogens is 429 g/mol. The number of hydrogen-bond acceptors (Lipinski definition) is 5. The Kier molecular flexibility index (Phi) is 5.81. The summed E-state index contributed by atoms with van der Waals surface area (Å²) < 4.78 is 63.4. The lowest BCUT2D eigenvalue weighted by molar-refractivity contribution is 0.102. The fraction of sp³-hybridized carbons (Fsp3) is 0.381. The molecule has 30 heavy (non-hydrogen) atoms. The van der Waals surface area contributed by atoms with Gasteiger partial charge in [0.05, 0.1) is 27.2 Å². The Morgan fingerprint density at radius 2 is 1.80 bits per heavy atom. The number of carbonyl (C=O) groups excluding carboxylic acids is 1. The first kappa shape index (κ1) is 22.4. The molecule has 1 saturated heterocycles. The normalized spacial score (nSPS) is 18.9. The van der Waals surface area contributed by atoms with Crippen molar-refractivity contribution >= 4 is 31.3 Å². The molecule has 9 heteroatoms. The van der Waals surface area contributed by atoms with Crippen LogP contribution in [-0.4, -0.2) is 39.5 Å². The van der Waals surface area contributed by atoms with Gasteiger partial charge in [-0.1, -0.05) is 39.0 Å². The Hall–Kier alpha value is -2.26. The monoisotopic (exact) mass is 453 g/mol. The van der Waals surface area contributed by atoms with Gasteiger partial charge in [0.25, 0.3) is 5.91 Å². The zero-order valence-electron chi connectivity index (χ0n) is 17.0. The Morgan fingerprint density at radius 1 is 1.13 bits per heavy atom. The van der Waals surface area contributed by atoms with Crippen molar-refractivity contribution in [3.8, 4) is 0 Å². The maximum atomic E-state index is 14.4. The van der Waals surface area contributed by atoms with E-state index in [1.54, 1.807) is 12.1 Å². The molecule has 1 amide bonds. The summed E-state index contributed by atoms with van der Waals surface area (Å²) >= 11 is 0. The zero-order chi connectivity index (χ0) is 22.3. The molecule has 1 fully saturated rings. The minimum absolute atomic E-state index is 0.0114. The van der Waals surface area contributed by atoms with Gasteiger partial charge in [0, 0.05) is 5.69 Å². The number of benzene rings is 2. The second-order valence-corrected chi connectivity index (χ2v) is 12.9. The maximum absolute atomic E-state index is 14.4. The first-order chi connectivity index (χ1) is 13.8. The standard InChI is InChI=1S/C21H24FNO5S2/c1-21(2,3)17-6-4-5-7-19(17)23-20(24)16-12-14(8-9-18(16)22)30(27,28)15-10-11-29(25,26)13-15/h4-9,12,15H,10-11,13H2,1-3H3,(H,23,24)/t15-/m0/s1. The smallest absolute Gasteiger partial charge is 0.258 e. The molecule has 2 aromatic carbocycles. The van der Waals surface area contributed by atoms with Gasteiger partial charge in [-0.25, -0.2) is 21.2 Å². The van der Waals surface area contributed by atoms with E-state index in [9.17, 15) is 26.0 Å². The fourth-order valence-corrected chi connectivity index (χ4v) is 7.87. The van der Waals surface area contributed by atoms with Crippen LogP contribution < -0.4 is 5.32 Å². The highest BCUT2D eigenvalue weighted by atomic mass is 32.2. The number of sulfone groups is 2. The van der Waals surface area contributed by atoms with Crippen LogP contribution in [0.1, 0.15) is 43.1 Å². The molecule has 3 rings (SSSR count). The SMILES string of the molecule is CC(C)(C)c1ccccc1NC(=O)c1cc(S(=O)(=O)[C@H]2CCS(=O)(=O)C2)ccc1F. The molecule has 0 bridgehead atoms. The molecular formula is C21H24FNO5S2. The average Bonchev–Trinajstić information content (AvgIpc) is 3.02. The summed E-state index contributed by atoms with van der Waals surface area (Å²) in [6, 6.07) is 10.1. The Labute approximate surface area is 176 Å². The van der Waals surface area contributed by atoms with Crippen LogP contribution in [0.25, 0.3) is 0 Å². The third kappa shape index (κ3) is 4.57. The summed E-state index contributed by atoms with van der Waals surface area (Å²) in [7, 11) is -7.43. The highest BCUT2D eigenvalue weighted by Crippen LogP contribution is 2.30. The predicted octanol–water partition coefficient (Wildman–Crippen LogP) is 3.34. The molecule has 0 spiro atoms. The van der Waals surface area contributed by atoms with Gasteiger partial charge in [0.2, 0.25) is 0 Å². The van der Waals surface area contributed by atoms with Gasteiger partial charge in [-0.2, -0.15) is 0 Å². The minimum atomic E-state index is -4.01. The number of hydrogen-bond donors (Lipinski definition) is 1. The number of halogens is 1. The molecule has 2 aromatic rings. The second-order valence-electron chi connectivity index (χ2n) is 8.46. The fourth-order valence-electron chi connectivity index (χ4n) is 3.49. The Morgan fingerprint density at radius 3 is 2.40 bits per heavy atom. The lowest BCUT2D eigenvalue weighted by Crippen LogP contribution is -2.24. The largest absolute Gasteiger partial charge is 0.322 e. The maximum Gasteiger partial charge on any atom is 0.258 e. The van der Waals surface area contributed by atoms with Crippen molar-refractivity contribution in [2.75, 3.05) is 16.8 Å². The number of nitrogens with one attached hydrogen (secondary N) is 1. The minimum Gasteiger partial charge on any atom is -0.322 e. The van der Waals surface area contributed by atoms with Crippen LogP contribution in [0.5, 0.6) is 0 Å². The van der Waals surface area contributed by atoms with Gasteiger partial charge in [-0.3, -0.25) is 4.79 Å². The van der Waals surface area contributed by atoms with Gasteiger partial charge in [-0.05, 0) is 41.7 Å². The van der Waals surface area contributed by atoms with Crippen LogP contribution in [0.15, 0.2) is 47.4 Å². The summed E-state index contributed by atoms with van der Waals surface area (Å²) in [5.41, 5.74) is 0.658. The van der Waals surface area contributed by atoms with Gasteiger partial charge in [-0.15, -0.1) is 0 Å². The van der Waals surface area contributed by atoms with Crippen molar-refractivity contribution in [2.24, 2.45) is 0 Å². The first-order valence-corrected chi connectivity index (χ1v) is 12.8. The molecule has 0 unspecified atom stereocenters. The highest BCUT2D eigenvalue weighted by Gasteiger charge is 2.38. The van der Waals surface area contributed by atoms with E-state index in [2.05, 4.69) is 5.32 Å². The Balaban J connectivity index is 1.94. The summed E-state index contributed by atoms with van der Waals surface area (Å²) in [5.74, 6) is -2.30. The van der Waals surface area contributed by atoms with Crippen molar-refractivity contribution < 1.29 is 26.0 Å². The lowest BCUT2D eigenvalue weighted by Gasteiger charge is -2.23. The number of amides is 1. The van der Waals surface area contributed by atoms with E-state index in [1.165, 1.54) is 0 Å². The molecule has 0 aromatic heterocycles. The van der Waals surface area contributed by atoms with Crippen LogP contribution in [0.4, 0.5) is 10.1 Å². The summed E-state index contributed by atoms with van der Waals surface area (Å²) in [6.07, 6.45) is -0.0114. The molecule has 6 nitrogen and oxygen atoms in total. The van der Waals surface area contributed by atoms with Gasteiger partial charge < -0.3 is 5.32 Å². The zero-order valence-corrected chi connectivity index (χ0v) is 18.6. The van der Waals surface area contributed by atoms with E-state index in [0.717, 1.165) is 23.8 Å². The average molecular weight is 454 g/mol. The molecule has 0 saturated carbocycles. The van der Waals surface area contributed by atoms with Crippen LogP contribution in [0.2, 0.25) is 0 Å². The first-order valence-electron chi connectivity index (χ1n) is 9.46. The molecule has 1 aliphatic heterocycles. The van der Waals surface area contributed by atoms with E-state index in [0.29, 0.717) is 5.69 Å². The number of carbonyl (C=O) groups is 1. The lowest BCUT2D eigenvalue weighted by atomic mass is 9.86. The third-order valence-electron chi connectivity index (χ3n) is 5.12. The summed E-state index contributed by atoms with van der Waals surface area (Å²) in [4.78, 5) is 12.5. The number of para-hydroxylation sites is 1. The predicted molar refractivity (Wildman–Crippen MR) is 114 cm³/mol. The van der Waals surface area contributed by atoms with Crippen molar-refractivity contribution in [2.45, 2.75) is 42.8 Å². The quantitative estimate of drug-likeness (QED) is 0.716. The molecule has 0 aliphatic carbocycles. The van der Waals surface area contributed by atoms with E-state index >= 15 is 0 Å². The van der Waals surface area contributed by atoms with Gasteiger partial charge in [0.15, 0.2) is 19.7 Å². The molecule has 1 N–H and O–H groups in total.